The maximum absolute atomic E-state index is 10.5. The number of carbonyl (C=O) groups excluding carboxylic acids is 1. The highest BCUT2D eigenvalue weighted by Gasteiger charge is 2.49. The first-order valence-electron chi connectivity index (χ1n) is 5.32. The number of methoxy groups -OCH3 is 2. The van der Waals surface area contributed by atoms with E-state index in [2.05, 4.69) is 4.99 Å². The Labute approximate surface area is 109 Å². The van der Waals surface area contributed by atoms with Crippen LogP contribution in [-0.4, -0.2) is 25.4 Å². The molecule has 1 saturated carbocycles. The van der Waals surface area contributed by atoms with E-state index in [4.69, 9.17) is 21.1 Å². The van der Waals surface area contributed by atoms with Crippen molar-refractivity contribution >= 4 is 17.7 Å². The Morgan fingerprint density at radius 1 is 1.44 bits per heavy atom. The quantitative estimate of drug-likeness (QED) is 0.673. The van der Waals surface area contributed by atoms with Crippen LogP contribution < -0.4 is 9.47 Å². The van der Waals surface area contributed by atoms with Crippen molar-refractivity contribution in [2.45, 2.75) is 18.4 Å². The number of benzene rings is 1. The number of ether oxygens (including phenoxy) is 2. The van der Waals surface area contributed by atoms with Gasteiger partial charge in [0.2, 0.25) is 11.8 Å². The number of aliphatic imine (C=N–C) groups is 1. The zero-order chi connectivity index (χ0) is 13.3. The largest absolute Gasteiger partial charge is 0.504 e. The van der Waals surface area contributed by atoms with Crippen LogP contribution in [0.4, 0.5) is 0 Å². The Hall–Kier alpha value is -1.71. The number of phenolic OH excluding ortho intramolecular Hbond substituents is 1. The van der Waals surface area contributed by atoms with Crippen molar-refractivity contribution in [2.75, 3.05) is 14.2 Å². The number of nitrogens with zero attached hydrogens (tertiary/aromatic N) is 1. The maximum atomic E-state index is 10.5. The smallest absolute Gasteiger partial charge is 0.235 e. The molecule has 0 unspecified atom stereocenters. The van der Waals surface area contributed by atoms with Gasteiger partial charge >= 0.3 is 0 Å². The summed E-state index contributed by atoms with van der Waals surface area (Å²) < 4.78 is 10.2. The van der Waals surface area contributed by atoms with E-state index in [1.807, 2.05) is 0 Å². The van der Waals surface area contributed by atoms with Crippen molar-refractivity contribution < 1.29 is 19.4 Å². The molecule has 1 N–H and O–H groups in total. The Bertz CT molecular complexity index is 533. The van der Waals surface area contributed by atoms with Crippen LogP contribution in [0.3, 0.4) is 0 Å². The predicted molar refractivity (Wildman–Crippen MR) is 65.3 cm³/mol. The molecule has 1 aliphatic rings. The average molecular weight is 270 g/mol. The molecule has 0 radical (unpaired) electrons. The molecule has 1 aliphatic carbocycles. The number of phenols is 1. The molecule has 0 bridgehead atoms. The molecule has 0 heterocycles. The molecule has 6 heteroatoms. The fourth-order valence-electron chi connectivity index (χ4n) is 2.01. The topological polar surface area (TPSA) is 68.1 Å². The highest BCUT2D eigenvalue weighted by atomic mass is 35.5. The van der Waals surface area contributed by atoms with Gasteiger partial charge in [0.1, 0.15) is 5.54 Å². The summed E-state index contributed by atoms with van der Waals surface area (Å²) in [5.41, 5.74) is -0.368. The van der Waals surface area contributed by atoms with Crippen molar-refractivity contribution in [2.24, 2.45) is 4.99 Å². The van der Waals surface area contributed by atoms with E-state index in [0.29, 0.717) is 29.2 Å². The van der Waals surface area contributed by atoms with Crippen molar-refractivity contribution in [3.05, 3.63) is 16.7 Å². The van der Waals surface area contributed by atoms with Gasteiger partial charge in [-0.1, -0.05) is 11.6 Å². The molecule has 0 aromatic heterocycles. The summed E-state index contributed by atoms with van der Waals surface area (Å²) >= 11 is 6.12. The van der Waals surface area contributed by atoms with Crippen molar-refractivity contribution in [1.82, 2.24) is 0 Å². The number of aromatic hydroxyl groups is 1. The van der Waals surface area contributed by atoms with Gasteiger partial charge in [0, 0.05) is 11.6 Å². The van der Waals surface area contributed by atoms with Crippen LogP contribution in [0.5, 0.6) is 17.2 Å². The summed E-state index contributed by atoms with van der Waals surface area (Å²) in [6.07, 6.45) is 2.81. The lowest BCUT2D eigenvalue weighted by Gasteiger charge is -2.17. The predicted octanol–water partition coefficient (Wildman–Crippen LogP) is 2.39. The third-order valence-corrected chi connectivity index (χ3v) is 3.34. The molecular weight excluding hydrogens is 258 g/mol. The van der Waals surface area contributed by atoms with Crippen molar-refractivity contribution in [1.29, 1.82) is 0 Å². The number of rotatable bonds is 4. The van der Waals surface area contributed by atoms with Crippen LogP contribution in [0, 0.1) is 0 Å². The van der Waals surface area contributed by atoms with E-state index in [-0.39, 0.29) is 11.5 Å². The molecular formula is C12H12ClNO4. The van der Waals surface area contributed by atoms with Crippen molar-refractivity contribution in [3.8, 4) is 17.2 Å². The second-order valence-electron chi connectivity index (χ2n) is 4.05. The maximum Gasteiger partial charge on any atom is 0.235 e. The standard InChI is InChI=1S/C12H12ClNO4/c1-17-8-5-7(13)9(10(16)11(8)18-2)12(3-4-12)14-6-15/h5,16H,3-4H2,1-2H3. The molecule has 0 aliphatic heterocycles. The van der Waals surface area contributed by atoms with Gasteiger partial charge in [-0.25, -0.2) is 4.79 Å². The summed E-state index contributed by atoms with van der Waals surface area (Å²) in [7, 11) is 2.86. The molecule has 0 saturated heterocycles. The van der Waals surface area contributed by atoms with E-state index in [9.17, 15) is 9.90 Å². The zero-order valence-corrected chi connectivity index (χ0v) is 10.7. The number of hydrogen-bond acceptors (Lipinski definition) is 5. The van der Waals surface area contributed by atoms with E-state index < -0.39 is 5.54 Å². The highest BCUT2D eigenvalue weighted by molar-refractivity contribution is 6.32. The average Bonchev–Trinajstić information content (AvgIpc) is 3.09. The summed E-state index contributed by atoms with van der Waals surface area (Å²) in [6, 6.07) is 1.54. The van der Waals surface area contributed by atoms with Crippen LogP contribution in [0.15, 0.2) is 11.1 Å². The molecule has 96 valence electrons. The lowest BCUT2D eigenvalue weighted by Crippen LogP contribution is -2.05. The SMILES string of the molecule is COc1cc(Cl)c(C2(N=C=O)CC2)c(O)c1OC. The third-order valence-electron chi connectivity index (χ3n) is 3.04. The van der Waals surface area contributed by atoms with Gasteiger partial charge in [0.25, 0.3) is 0 Å². The van der Waals surface area contributed by atoms with Gasteiger partial charge < -0.3 is 14.6 Å². The Kier molecular flexibility index (Phi) is 3.20. The Morgan fingerprint density at radius 3 is 2.56 bits per heavy atom. The van der Waals surface area contributed by atoms with Gasteiger partial charge in [-0.05, 0) is 12.8 Å². The van der Waals surface area contributed by atoms with E-state index in [1.54, 1.807) is 0 Å². The molecule has 1 fully saturated rings. The highest BCUT2D eigenvalue weighted by Crippen LogP contribution is 2.58. The summed E-state index contributed by atoms with van der Waals surface area (Å²) in [5, 5.41) is 10.5. The van der Waals surface area contributed by atoms with Gasteiger partial charge in [-0.2, -0.15) is 4.99 Å². The summed E-state index contributed by atoms with van der Waals surface area (Å²) in [5.74, 6) is 0.372. The van der Waals surface area contributed by atoms with E-state index in [1.165, 1.54) is 26.4 Å². The first-order chi connectivity index (χ1) is 8.59. The summed E-state index contributed by atoms with van der Waals surface area (Å²) in [4.78, 5) is 14.2. The Balaban J connectivity index is 2.65. The minimum atomic E-state index is -0.761. The minimum absolute atomic E-state index is 0.140. The van der Waals surface area contributed by atoms with Crippen molar-refractivity contribution in [3.63, 3.8) is 0 Å². The number of hydrogen-bond donors (Lipinski definition) is 1. The molecule has 0 spiro atoms. The normalized spacial score (nSPS) is 15.7. The fraction of sp³-hybridized carbons (Fsp3) is 0.417. The first kappa shape index (κ1) is 12.7. The second kappa shape index (κ2) is 4.52. The molecule has 18 heavy (non-hydrogen) atoms. The van der Waals surface area contributed by atoms with Crippen LogP contribution in [-0.2, 0) is 10.3 Å². The third kappa shape index (κ3) is 1.82. The van der Waals surface area contributed by atoms with Gasteiger partial charge in [-0.15, -0.1) is 0 Å². The van der Waals surface area contributed by atoms with Crippen LogP contribution in [0.2, 0.25) is 5.02 Å². The van der Waals surface area contributed by atoms with E-state index in [0.717, 1.165) is 0 Å². The number of isocyanates is 1. The molecule has 1 aromatic carbocycles. The van der Waals surface area contributed by atoms with Crippen LogP contribution in [0.1, 0.15) is 18.4 Å². The van der Waals surface area contributed by atoms with Crippen LogP contribution in [0.25, 0.3) is 0 Å². The zero-order valence-electron chi connectivity index (χ0n) is 9.99. The lowest BCUT2D eigenvalue weighted by molar-refractivity contribution is 0.330. The molecule has 0 amide bonds. The monoisotopic (exact) mass is 269 g/mol. The fourth-order valence-corrected chi connectivity index (χ4v) is 2.38. The molecule has 2 rings (SSSR count). The van der Waals surface area contributed by atoms with Gasteiger partial charge in [0.05, 0.1) is 19.2 Å². The Morgan fingerprint density at radius 2 is 2.11 bits per heavy atom. The van der Waals surface area contributed by atoms with Gasteiger partial charge in [0.15, 0.2) is 11.5 Å². The number of halogens is 1. The molecule has 1 aromatic rings. The van der Waals surface area contributed by atoms with E-state index >= 15 is 0 Å². The minimum Gasteiger partial charge on any atom is -0.504 e. The first-order valence-corrected chi connectivity index (χ1v) is 5.70. The molecule has 0 atom stereocenters. The second-order valence-corrected chi connectivity index (χ2v) is 4.46. The van der Waals surface area contributed by atoms with Crippen LogP contribution >= 0.6 is 11.6 Å². The molecule has 5 nitrogen and oxygen atoms in total. The summed E-state index contributed by atoms with van der Waals surface area (Å²) in [6.45, 7) is 0. The lowest BCUT2D eigenvalue weighted by atomic mass is 10.0. The van der Waals surface area contributed by atoms with Gasteiger partial charge in [-0.3, -0.25) is 0 Å².